The molecule has 0 saturated heterocycles. The Labute approximate surface area is 98.6 Å². The van der Waals surface area contributed by atoms with Gasteiger partial charge in [0.05, 0.1) is 0 Å². The van der Waals surface area contributed by atoms with Gasteiger partial charge in [-0.15, -0.1) is 0 Å². The van der Waals surface area contributed by atoms with Gasteiger partial charge in [-0.1, -0.05) is 18.2 Å². The average molecular weight is 252 g/mol. The molecule has 5 heteroatoms. The van der Waals surface area contributed by atoms with Gasteiger partial charge in [0.15, 0.2) is 0 Å². The maximum Gasteiger partial charge on any atom is 0.339 e. The lowest BCUT2D eigenvalue weighted by Gasteiger charge is -2.06. The minimum atomic E-state index is -3.85. The Kier molecular flexibility index (Phi) is 3.10. The van der Waals surface area contributed by atoms with Gasteiger partial charge < -0.3 is 4.18 Å². The largest absolute Gasteiger partial charge is 0.379 e. The number of hydrogen-bond acceptors (Lipinski definition) is 3. The van der Waals surface area contributed by atoms with Gasteiger partial charge in [0.1, 0.15) is 16.5 Å². The van der Waals surface area contributed by atoms with Crippen LogP contribution in [0.15, 0.2) is 59.5 Å². The molecule has 0 bridgehead atoms. The van der Waals surface area contributed by atoms with E-state index >= 15 is 0 Å². The second-order valence-electron chi connectivity index (χ2n) is 3.30. The summed E-state index contributed by atoms with van der Waals surface area (Å²) in [6.45, 7) is 0. The van der Waals surface area contributed by atoms with E-state index in [0.29, 0.717) is 0 Å². The van der Waals surface area contributed by atoms with Crippen molar-refractivity contribution in [3.63, 3.8) is 0 Å². The highest BCUT2D eigenvalue weighted by Gasteiger charge is 2.15. The molecule has 0 spiro atoms. The van der Waals surface area contributed by atoms with Crippen molar-refractivity contribution in [3.05, 3.63) is 60.4 Å². The van der Waals surface area contributed by atoms with Gasteiger partial charge in [0.25, 0.3) is 0 Å². The molecule has 0 heterocycles. The number of hydrogen-bond donors (Lipinski definition) is 0. The summed E-state index contributed by atoms with van der Waals surface area (Å²) in [6.07, 6.45) is 0. The third kappa shape index (κ3) is 2.82. The molecule has 0 N–H and O–H groups in total. The number of halogens is 1. The minimum absolute atomic E-state index is 0.0596. The van der Waals surface area contributed by atoms with Gasteiger partial charge in [-0.2, -0.15) is 8.42 Å². The van der Waals surface area contributed by atoms with Crippen LogP contribution < -0.4 is 4.18 Å². The Morgan fingerprint density at radius 1 is 0.882 bits per heavy atom. The molecule has 3 nitrogen and oxygen atoms in total. The van der Waals surface area contributed by atoms with E-state index < -0.39 is 15.9 Å². The van der Waals surface area contributed by atoms with Crippen LogP contribution in [0.5, 0.6) is 5.75 Å². The van der Waals surface area contributed by atoms with Crippen LogP contribution in [-0.4, -0.2) is 8.42 Å². The second-order valence-corrected chi connectivity index (χ2v) is 4.85. The third-order valence-electron chi connectivity index (χ3n) is 2.05. The molecule has 0 saturated carbocycles. The number of benzene rings is 2. The van der Waals surface area contributed by atoms with Crippen LogP contribution in [0.25, 0.3) is 0 Å². The normalized spacial score (nSPS) is 11.1. The highest BCUT2D eigenvalue weighted by atomic mass is 32.2. The first kappa shape index (κ1) is 11.6. The maximum absolute atomic E-state index is 12.6. The predicted octanol–water partition coefficient (Wildman–Crippen LogP) is 2.59. The highest BCUT2D eigenvalue weighted by Crippen LogP contribution is 2.18. The first-order valence-electron chi connectivity index (χ1n) is 4.83. The molecular weight excluding hydrogens is 243 g/mol. The minimum Gasteiger partial charge on any atom is -0.379 e. The van der Waals surface area contributed by atoms with Crippen molar-refractivity contribution < 1.29 is 17.0 Å². The van der Waals surface area contributed by atoms with E-state index in [0.717, 1.165) is 12.1 Å². The Hall–Kier alpha value is -1.88. The monoisotopic (exact) mass is 252 g/mol. The van der Waals surface area contributed by atoms with Crippen molar-refractivity contribution in [2.45, 2.75) is 4.90 Å². The van der Waals surface area contributed by atoms with Gasteiger partial charge in [-0.3, -0.25) is 0 Å². The fraction of sp³-hybridized carbons (Fsp3) is 0. The van der Waals surface area contributed by atoms with Gasteiger partial charge >= 0.3 is 10.1 Å². The van der Waals surface area contributed by atoms with E-state index in [2.05, 4.69) is 0 Å². The Morgan fingerprint density at radius 2 is 1.47 bits per heavy atom. The first-order chi connectivity index (χ1) is 8.08. The van der Waals surface area contributed by atoms with Crippen molar-refractivity contribution >= 4 is 10.1 Å². The van der Waals surface area contributed by atoms with Crippen molar-refractivity contribution in [1.29, 1.82) is 0 Å². The smallest absolute Gasteiger partial charge is 0.339 e. The lowest BCUT2D eigenvalue weighted by atomic mass is 10.3. The maximum atomic E-state index is 12.6. The lowest BCUT2D eigenvalue weighted by molar-refractivity contribution is 0.485. The zero-order chi connectivity index (χ0) is 12.3. The quantitative estimate of drug-likeness (QED) is 0.788. The fourth-order valence-corrected chi connectivity index (χ4v) is 2.20. The van der Waals surface area contributed by atoms with E-state index in [1.807, 2.05) is 0 Å². The molecular formula is C12H9FO3S. The topological polar surface area (TPSA) is 43.4 Å². The molecule has 0 amide bonds. The van der Waals surface area contributed by atoms with Crippen LogP contribution in [0.1, 0.15) is 0 Å². The van der Waals surface area contributed by atoms with Crippen LogP contribution in [0.3, 0.4) is 0 Å². The van der Waals surface area contributed by atoms with Gasteiger partial charge in [0, 0.05) is 0 Å². The zero-order valence-electron chi connectivity index (χ0n) is 8.71. The highest BCUT2D eigenvalue weighted by molar-refractivity contribution is 7.87. The SMILES string of the molecule is O=S(=O)(Oc1ccc(F)cc1)c1ccccc1. The van der Waals surface area contributed by atoms with E-state index in [4.69, 9.17) is 4.18 Å². The Bertz CT molecular complexity index is 591. The molecule has 0 aliphatic rings. The summed E-state index contributed by atoms with van der Waals surface area (Å²) in [5, 5.41) is 0. The predicted molar refractivity (Wildman–Crippen MR) is 60.7 cm³/mol. The van der Waals surface area contributed by atoms with Crippen LogP contribution in [0.4, 0.5) is 4.39 Å². The molecule has 0 unspecified atom stereocenters. The molecule has 0 atom stereocenters. The van der Waals surface area contributed by atoms with Crippen molar-refractivity contribution in [3.8, 4) is 5.75 Å². The summed E-state index contributed by atoms with van der Waals surface area (Å²) in [7, 11) is -3.85. The first-order valence-corrected chi connectivity index (χ1v) is 6.24. The average Bonchev–Trinajstić information content (AvgIpc) is 2.33. The van der Waals surface area contributed by atoms with Crippen LogP contribution in [-0.2, 0) is 10.1 Å². The van der Waals surface area contributed by atoms with Crippen molar-refractivity contribution in [2.75, 3.05) is 0 Å². The summed E-state index contributed by atoms with van der Waals surface area (Å²) in [4.78, 5) is 0.0596. The Morgan fingerprint density at radius 3 is 2.06 bits per heavy atom. The standard InChI is InChI=1S/C12H9FO3S/c13-10-6-8-11(9-7-10)16-17(14,15)12-4-2-1-3-5-12/h1-9H. The summed E-state index contributed by atoms with van der Waals surface area (Å²) in [6, 6.07) is 12.5. The van der Waals surface area contributed by atoms with E-state index in [-0.39, 0.29) is 10.6 Å². The summed E-state index contributed by atoms with van der Waals surface area (Å²) < 4.78 is 41.0. The summed E-state index contributed by atoms with van der Waals surface area (Å²) >= 11 is 0. The van der Waals surface area contributed by atoms with Crippen LogP contribution in [0.2, 0.25) is 0 Å². The molecule has 0 aliphatic carbocycles. The lowest BCUT2D eigenvalue weighted by Crippen LogP contribution is -2.09. The molecule has 17 heavy (non-hydrogen) atoms. The molecule has 0 aliphatic heterocycles. The van der Waals surface area contributed by atoms with Gasteiger partial charge in [-0.25, -0.2) is 4.39 Å². The van der Waals surface area contributed by atoms with E-state index in [1.165, 1.54) is 24.3 Å². The zero-order valence-corrected chi connectivity index (χ0v) is 9.52. The number of rotatable bonds is 3. The van der Waals surface area contributed by atoms with Crippen LogP contribution >= 0.6 is 0 Å². The Balaban J connectivity index is 2.27. The van der Waals surface area contributed by atoms with E-state index in [1.54, 1.807) is 18.2 Å². The molecule has 0 aromatic heterocycles. The van der Waals surface area contributed by atoms with E-state index in [9.17, 15) is 12.8 Å². The van der Waals surface area contributed by atoms with Crippen molar-refractivity contribution in [1.82, 2.24) is 0 Å². The van der Waals surface area contributed by atoms with Crippen molar-refractivity contribution in [2.24, 2.45) is 0 Å². The summed E-state index contributed by atoms with van der Waals surface area (Å²) in [5.41, 5.74) is 0. The molecule has 0 fully saturated rings. The second kappa shape index (κ2) is 4.55. The summed E-state index contributed by atoms with van der Waals surface area (Å²) in [5.74, 6) is -0.371. The third-order valence-corrected chi connectivity index (χ3v) is 3.31. The molecule has 2 rings (SSSR count). The fourth-order valence-electron chi connectivity index (χ4n) is 1.25. The van der Waals surface area contributed by atoms with Gasteiger partial charge in [-0.05, 0) is 36.4 Å². The molecule has 0 radical (unpaired) electrons. The molecule has 2 aromatic carbocycles. The van der Waals surface area contributed by atoms with Crippen LogP contribution in [0, 0.1) is 5.82 Å². The van der Waals surface area contributed by atoms with Gasteiger partial charge in [0.2, 0.25) is 0 Å². The molecule has 2 aromatic rings. The molecule has 88 valence electrons.